The van der Waals surface area contributed by atoms with Crippen molar-refractivity contribution < 1.29 is 10.2 Å². The van der Waals surface area contributed by atoms with Crippen molar-refractivity contribution in [2.24, 2.45) is 5.92 Å². The van der Waals surface area contributed by atoms with Gasteiger partial charge in [0.1, 0.15) is 0 Å². The number of hydrogen-bond acceptors (Lipinski definition) is 3. The summed E-state index contributed by atoms with van der Waals surface area (Å²) in [5.41, 5.74) is 0. The van der Waals surface area contributed by atoms with Gasteiger partial charge in [-0.15, -0.1) is 0 Å². The fourth-order valence-corrected chi connectivity index (χ4v) is 1.06. The van der Waals surface area contributed by atoms with Crippen molar-refractivity contribution in [3.63, 3.8) is 0 Å². The molecule has 1 unspecified atom stereocenters. The molecule has 0 spiro atoms. The predicted molar refractivity (Wildman–Crippen MR) is 45.4 cm³/mol. The molecule has 0 saturated carbocycles. The van der Waals surface area contributed by atoms with E-state index in [1.807, 2.05) is 0 Å². The quantitative estimate of drug-likeness (QED) is 0.513. The molecule has 0 aromatic heterocycles. The second kappa shape index (κ2) is 6.58. The molecular weight excluding hydrogens is 142 g/mol. The minimum absolute atomic E-state index is 0.161. The fraction of sp³-hybridized carbons (Fsp3) is 1.00. The van der Waals surface area contributed by atoms with E-state index in [9.17, 15) is 0 Å². The Morgan fingerprint density at radius 2 is 1.82 bits per heavy atom. The van der Waals surface area contributed by atoms with Crippen molar-refractivity contribution >= 4 is 0 Å². The van der Waals surface area contributed by atoms with Gasteiger partial charge in [0.05, 0.1) is 6.61 Å². The molecule has 0 aliphatic rings. The van der Waals surface area contributed by atoms with E-state index in [1.54, 1.807) is 0 Å². The van der Waals surface area contributed by atoms with Gasteiger partial charge in [-0.3, -0.25) is 0 Å². The van der Waals surface area contributed by atoms with E-state index in [-0.39, 0.29) is 13.2 Å². The molecule has 3 heteroatoms. The van der Waals surface area contributed by atoms with Crippen LogP contribution in [0.2, 0.25) is 0 Å². The summed E-state index contributed by atoms with van der Waals surface area (Å²) in [4.78, 5) is 0. The largest absolute Gasteiger partial charge is 0.396 e. The summed E-state index contributed by atoms with van der Waals surface area (Å²) in [6.45, 7) is 5.19. The highest BCUT2D eigenvalue weighted by Crippen LogP contribution is 2.04. The zero-order valence-corrected chi connectivity index (χ0v) is 7.38. The lowest BCUT2D eigenvalue weighted by atomic mass is 10.0. The van der Waals surface area contributed by atoms with Gasteiger partial charge in [0.15, 0.2) is 0 Å². The Balaban J connectivity index is 3.51. The van der Waals surface area contributed by atoms with E-state index >= 15 is 0 Å². The summed E-state index contributed by atoms with van der Waals surface area (Å²) in [5, 5.41) is 20.4. The highest BCUT2D eigenvalue weighted by atomic mass is 16.3. The summed E-state index contributed by atoms with van der Waals surface area (Å²) < 4.78 is 0. The van der Waals surface area contributed by atoms with Gasteiger partial charge in [0.25, 0.3) is 0 Å². The first-order valence-electron chi connectivity index (χ1n) is 4.17. The van der Waals surface area contributed by atoms with Crippen LogP contribution in [0.3, 0.4) is 0 Å². The summed E-state index contributed by atoms with van der Waals surface area (Å²) >= 11 is 0. The average Bonchev–Trinajstić information content (AvgIpc) is 1.97. The molecule has 0 aromatic carbocycles. The van der Waals surface area contributed by atoms with Crippen LogP contribution >= 0.6 is 0 Å². The monoisotopic (exact) mass is 161 g/mol. The molecule has 0 aliphatic heterocycles. The summed E-state index contributed by atoms with van der Waals surface area (Å²) in [5.74, 6) is 0.508. The Morgan fingerprint density at radius 3 is 2.18 bits per heavy atom. The maximum absolute atomic E-state index is 8.68. The van der Waals surface area contributed by atoms with Crippen molar-refractivity contribution in [3.05, 3.63) is 0 Å². The van der Waals surface area contributed by atoms with Crippen LogP contribution in [0.25, 0.3) is 0 Å². The zero-order chi connectivity index (χ0) is 8.69. The topological polar surface area (TPSA) is 52.5 Å². The molecule has 0 bridgehead atoms. The van der Waals surface area contributed by atoms with Crippen molar-refractivity contribution in [2.45, 2.75) is 26.3 Å². The third kappa shape index (κ3) is 5.18. The van der Waals surface area contributed by atoms with Crippen LogP contribution in [-0.4, -0.2) is 36.0 Å². The molecule has 0 amide bonds. The first-order chi connectivity index (χ1) is 5.22. The molecule has 11 heavy (non-hydrogen) atoms. The van der Waals surface area contributed by atoms with Crippen LogP contribution in [0.15, 0.2) is 0 Å². The van der Waals surface area contributed by atoms with Crippen molar-refractivity contribution in [3.8, 4) is 0 Å². The van der Waals surface area contributed by atoms with E-state index in [2.05, 4.69) is 19.2 Å². The number of rotatable bonds is 6. The Morgan fingerprint density at radius 1 is 1.18 bits per heavy atom. The molecule has 1 atom stereocenters. The van der Waals surface area contributed by atoms with E-state index < -0.39 is 0 Å². The molecule has 0 radical (unpaired) electrons. The first-order valence-corrected chi connectivity index (χ1v) is 4.17. The molecule has 0 rings (SSSR count). The SMILES string of the molecule is CC(C)C(CCO)NCCO. The predicted octanol–water partition coefficient (Wildman–Crippen LogP) is -0.0247. The summed E-state index contributed by atoms with van der Waals surface area (Å²) in [6, 6.07) is 0.326. The third-order valence-electron chi connectivity index (χ3n) is 1.76. The normalized spacial score (nSPS) is 13.9. The van der Waals surface area contributed by atoms with E-state index in [1.165, 1.54) is 0 Å². The smallest absolute Gasteiger partial charge is 0.0556 e. The molecule has 0 saturated heterocycles. The number of aliphatic hydroxyl groups is 2. The van der Waals surface area contributed by atoms with E-state index in [4.69, 9.17) is 10.2 Å². The molecular formula is C8H19NO2. The molecule has 0 aliphatic carbocycles. The molecule has 3 nitrogen and oxygen atoms in total. The van der Waals surface area contributed by atoms with Crippen molar-refractivity contribution in [1.29, 1.82) is 0 Å². The molecule has 0 fully saturated rings. The fourth-order valence-electron chi connectivity index (χ4n) is 1.06. The van der Waals surface area contributed by atoms with E-state index in [0.29, 0.717) is 18.5 Å². The minimum Gasteiger partial charge on any atom is -0.396 e. The Hall–Kier alpha value is -0.120. The van der Waals surface area contributed by atoms with E-state index in [0.717, 1.165) is 6.42 Å². The molecule has 0 heterocycles. The van der Waals surface area contributed by atoms with Crippen LogP contribution in [0.5, 0.6) is 0 Å². The van der Waals surface area contributed by atoms with Gasteiger partial charge in [-0.05, 0) is 12.3 Å². The average molecular weight is 161 g/mol. The van der Waals surface area contributed by atoms with Crippen molar-refractivity contribution in [2.75, 3.05) is 19.8 Å². The maximum Gasteiger partial charge on any atom is 0.0556 e. The van der Waals surface area contributed by atoms with Crippen LogP contribution in [0.4, 0.5) is 0 Å². The molecule has 0 aromatic rings. The highest BCUT2D eigenvalue weighted by Gasteiger charge is 2.10. The lowest BCUT2D eigenvalue weighted by molar-refractivity contribution is 0.229. The lowest BCUT2D eigenvalue weighted by Gasteiger charge is -2.20. The standard InChI is InChI=1S/C8H19NO2/c1-7(2)8(3-5-10)9-4-6-11/h7-11H,3-6H2,1-2H3. The van der Waals surface area contributed by atoms with Gasteiger partial charge in [-0.1, -0.05) is 13.8 Å². The highest BCUT2D eigenvalue weighted by molar-refractivity contribution is 4.69. The van der Waals surface area contributed by atoms with Crippen LogP contribution in [0, 0.1) is 5.92 Å². The van der Waals surface area contributed by atoms with Gasteiger partial charge in [-0.2, -0.15) is 0 Å². The van der Waals surface area contributed by atoms with Crippen LogP contribution in [-0.2, 0) is 0 Å². The maximum atomic E-state index is 8.68. The van der Waals surface area contributed by atoms with Crippen LogP contribution in [0.1, 0.15) is 20.3 Å². The number of hydrogen-bond donors (Lipinski definition) is 3. The molecule has 3 N–H and O–H groups in total. The second-order valence-electron chi connectivity index (χ2n) is 3.04. The minimum atomic E-state index is 0.161. The summed E-state index contributed by atoms with van der Waals surface area (Å²) in [7, 11) is 0. The Bertz CT molecular complexity index is 86.2. The first kappa shape index (κ1) is 10.9. The van der Waals surface area contributed by atoms with Gasteiger partial charge in [0, 0.05) is 19.2 Å². The van der Waals surface area contributed by atoms with Gasteiger partial charge < -0.3 is 15.5 Å². The Kier molecular flexibility index (Phi) is 6.51. The lowest BCUT2D eigenvalue weighted by Crippen LogP contribution is -2.36. The Labute approximate surface area is 68.4 Å². The van der Waals surface area contributed by atoms with Gasteiger partial charge in [0.2, 0.25) is 0 Å². The van der Waals surface area contributed by atoms with Crippen molar-refractivity contribution in [1.82, 2.24) is 5.32 Å². The van der Waals surface area contributed by atoms with Gasteiger partial charge >= 0.3 is 0 Å². The zero-order valence-electron chi connectivity index (χ0n) is 7.38. The third-order valence-corrected chi connectivity index (χ3v) is 1.76. The molecule has 68 valence electrons. The van der Waals surface area contributed by atoms with Gasteiger partial charge in [-0.25, -0.2) is 0 Å². The number of nitrogens with one attached hydrogen (secondary N) is 1. The second-order valence-corrected chi connectivity index (χ2v) is 3.04. The number of aliphatic hydroxyl groups excluding tert-OH is 2. The summed E-state index contributed by atoms with van der Waals surface area (Å²) in [6.07, 6.45) is 0.762. The van der Waals surface area contributed by atoms with Crippen LogP contribution < -0.4 is 5.32 Å².